The molecule has 2 rings (SSSR count). The largest absolute Gasteiger partial charge is 0.494 e. The zero-order chi connectivity index (χ0) is 16.1. The number of hydrogen-bond donors (Lipinski definition) is 2. The number of carbonyl (C=O) groups is 1. The molecule has 0 aliphatic heterocycles. The van der Waals surface area contributed by atoms with Crippen LogP contribution in [-0.4, -0.2) is 12.5 Å². The first-order valence-electron chi connectivity index (χ1n) is 7.48. The first-order valence-corrected chi connectivity index (χ1v) is 7.48. The second kappa shape index (κ2) is 6.98. The minimum atomic E-state index is -0.149. The number of ether oxygens (including phenoxy) is 1. The third kappa shape index (κ3) is 3.58. The van der Waals surface area contributed by atoms with E-state index in [0.29, 0.717) is 23.6 Å². The molecule has 0 bridgehead atoms. The highest BCUT2D eigenvalue weighted by Gasteiger charge is 2.12. The quantitative estimate of drug-likeness (QED) is 0.825. The molecular formula is C18H22N2O2. The maximum Gasteiger partial charge on any atom is 0.255 e. The van der Waals surface area contributed by atoms with Crippen LogP contribution in [0, 0.1) is 6.92 Å². The molecule has 0 aromatic heterocycles. The molecule has 0 atom stereocenters. The van der Waals surface area contributed by atoms with Gasteiger partial charge in [-0.1, -0.05) is 13.0 Å². The van der Waals surface area contributed by atoms with Crippen molar-refractivity contribution < 1.29 is 9.53 Å². The SMILES string of the molecule is CCOc1cccc(C(=O)Nc2c(C)cc(N)cc2CC)c1. The molecule has 116 valence electrons. The van der Waals surface area contributed by atoms with Gasteiger partial charge in [0.15, 0.2) is 0 Å². The third-order valence-corrected chi connectivity index (χ3v) is 3.47. The Morgan fingerprint density at radius 2 is 2.00 bits per heavy atom. The van der Waals surface area contributed by atoms with Crippen molar-refractivity contribution in [3.63, 3.8) is 0 Å². The lowest BCUT2D eigenvalue weighted by Gasteiger charge is -2.14. The molecule has 0 radical (unpaired) electrons. The van der Waals surface area contributed by atoms with Gasteiger partial charge >= 0.3 is 0 Å². The van der Waals surface area contributed by atoms with E-state index in [4.69, 9.17) is 10.5 Å². The topological polar surface area (TPSA) is 64.3 Å². The fraction of sp³-hybridized carbons (Fsp3) is 0.278. The molecule has 2 aromatic carbocycles. The van der Waals surface area contributed by atoms with Crippen molar-refractivity contribution in [1.29, 1.82) is 0 Å². The molecule has 4 nitrogen and oxygen atoms in total. The Balaban J connectivity index is 2.27. The van der Waals surface area contributed by atoms with E-state index in [1.54, 1.807) is 12.1 Å². The Morgan fingerprint density at radius 1 is 1.23 bits per heavy atom. The number of nitrogen functional groups attached to an aromatic ring is 1. The fourth-order valence-corrected chi connectivity index (χ4v) is 2.43. The van der Waals surface area contributed by atoms with Crippen molar-refractivity contribution >= 4 is 17.3 Å². The molecule has 0 saturated heterocycles. The highest BCUT2D eigenvalue weighted by atomic mass is 16.5. The van der Waals surface area contributed by atoms with Crippen LogP contribution in [0.2, 0.25) is 0 Å². The van der Waals surface area contributed by atoms with E-state index in [1.807, 2.05) is 45.0 Å². The number of nitrogens with two attached hydrogens (primary N) is 1. The molecule has 3 N–H and O–H groups in total. The number of amides is 1. The van der Waals surface area contributed by atoms with E-state index in [-0.39, 0.29) is 5.91 Å². The van der Waals surface area contributed by atoms with Gasteiger partial charge in [0.1, 0.15) is 5.75 Å². The Labute approximate surface area is 131 Å². The van der Waals surface area contributed by atoms with Gasteiger partial charge in [-0.3, -0.25) is 4.79 Å². The normalized spacial score (nSPS) is 10.3. The summed E-state index contributed by atoms with van der Waals surface area (Å²) >= 11 is 0. The molecule has 0 spiro atoms. The van der Waals surface area contributed by atoms with E-state index in [0.717, 1.165) is 23.2 Å². The van der Waals surface area contributed by atoms with Crippen molar-refractivity contribution in [3.05, 3.63) is 53.1 Å². The second-order valence-electron chi connectivity index (χ2n) is 5.14. The fourth-order valence-electron chi connectivity index (χ4n) is 2.43. The summed E-state index contributed by atoms with van der Waals surface area (Å²) in [4.78, 5) is 12.5. The standard InChI is InChI=1S/C18H22N2O2/c1-4-13-10-15(19)9-12(3)17(13)20-18(21)14-7-6-8-16(11-14)22-5-2/h6-11H,4-5,19H2,1-3H3,(H,20,21). The predicted molar refractivity (Wildman–Crippen MR) is 90.5 cm³/mol. The summed E-state index contributed by atoms with van der Waals surface area (Å²) in [5.41, 5.74) is 9.99. The van der Waals surface area contributed by atoms with Crippen LogP contribution in [0.3, 0.4) is 0 Å². The first kappa shape index (κ1) is 15.9. The molecule has 0 aliphatic carbocycles. The Kier molecular flexibility index (Phi) is 5.04. The van der Waals surface area contributed by atoms with Crippen LogP contribution in [0.4, 0.5) is 11.4 Å². The van der Waals surface area contributed by atoms with Crippen molar-refractivity contribution in [2.45, 2.75) is 27.2 Å². The summed E-state index contributed by atoms with van der Waals surface area (Å²) in [6.07, 6.45) is 0.806. The summed E-state index contributed by atoms with van der Waals surface area (Å²) in [6, 6.07) is 10.9. The molecule has 0 saturated carbocycles. The average Bonchev–Trinajstić information content (AvgIpc) is 2.50. The minimum absolute atomic E-state index is 0.149. The predicted octanol–water partition coefficient (Wildman–Crippen LogP) is 3.79. The minimum Gasteiger partial charge on any atom is -0.494 e. The van der Waals surface area contributed by atoms with Crippen molar-refractivity contribution in [2.75, 3.05) is 17.7 Å². The van der Waals surface area contributed by atoms with Gasteiger partial charge in [0.05, 0.1) is 6.61 Å². The molecule has 0 unspecified atom stereocenters. The number of aryl methyl sites for hydroxylation is 2. The van der Waals surface area contributed by atoms with Gasteiger partial charge in [0.25, 0.3) is 5.91 Å². The number of carbonyl (C=O) groups excluding carboxylic acids is 1. The molecule has 4 heteroatoms. The summed E-state index contributed by atoms with van der Waals surface area (Å²) < 4.78 is 5.43. The van der Waals surface area contributed by atoms with E-state index in [9.17, 15) is 4.79 Å². The zero-order valence-corrected chi connectivity index (χ0v) is 13.3. The maximum atomic E-state index is 12.5. The Morgan fingerprint density at radius 3 is 2.68 bits per heavy atom. The smallest absolute Gasteiger partial charge is 0.255 e. The lowest BCUT2D eigenvalue weighted by Crippen LogP contribution is -2.14. The molecule has 0 aliphatic rings. The van der Waals surface area contributed by atoms with Crippen molar-refractivity contribution in [1.82, 2.24) is 0 Å². The molecule has 22 heavy (non-hydrogen) atoms. The Hall–Kier alpha value is -2.49. The third-order valence-electron chi connectivity index (χ3n) is 3.47. The van der Waals surface area contributed by atoms with E-state index >= 15 is 0 Å². The van der Waals surface area contributed by atoms with Gasteiger partial charge in [-0.05, 0) is 61.7 Å². The van der Waals surface area contributed by atoms with Crippen LogP contribution >= 0.6 is 0 Å². The summed E-state index contributed by atoms with van der Waals surface area (Å²) in [5, 5.41) is 2.99. The average molecular weight is 298 g/mol. The summed E-state index contributed by atoms with van der Waals surface area (Å²) in [5.74, 6) is 0.545. The van der Waals surface area contributed by atoms with Crippen LogP contribution in [0.1, 0.15) is 35.3 Å². The van der Waals surface area contributed by atoms with Crippen LogP contribution in [0.15, 0.2) is 36.4 Å². The first-order chi connectivity index (χ1) is 10.5. The van der Waals surface area contributed by atoms with Gasteiger partial charge in [0.2, 0.25) is 0 Å². The highest BCUT2D eigenvalue weighted by molar-refractivity contribution is 6.05. The van der Waals surface area contributed by atoms with E-state index < -0.39 is 0 Å². The zero-order valence-electron chi connectivity index (χ0n) is 13.3. The molecule has 0 fully saturated rings. The second-order valence-corrected chi connectivity index (χ2v) is 5.14. The van der Waals surface area contributed by atoms with Crippen molar-refractivity contribution in [3.8, 4) is 5.75 Å². The van der Waals surface area contributed by atoms with Gasteiger partial charge in [-0.25, -0.2) is 0 Å². The number of rotatable bonds is 5. The van der Waals surface area contributed by atoms with Gasteiger partial charge in [-0.2, -0.15) is 0 Å². The Bertz CT molecular complexity index is 681. The molecule has 2 aromatic rings. The van der Waals surface area contributed by atoms with Gasteiger partial charge < -0.3 is 15.8 Å². The summed E-state index contributed by atoms with van der Waals surface area (Å²) in [7, 11) is 0. The van der Waals surface area contributed by atoms with Crippen LogP contribution < -0.4 is 15.8 Å². The van der Waals surface area contributed by atoms with Crippen molar-refractivity contribution in [2.24, 2.45) is 0 Å². The van der Waals surface area contributed by atoms with Crippen LogP contribution in [0.25, 0.3) is 0 Å². The molecule has 0 heterocycles. The number of benzene rings is 2. The van der Waals surface area contributed by atoms with Crippen LogP contribution in [0.5, 0.6) is 5.75 Å². The number of nitrogens with one attached hydrogen (secondary N) is 1. The number of hydrogen-bond acceptors (Lipinski definition) is 3. The number of anilines is 2. The van der Waals surface area contributed by atoms with Crippen LogP contribution in [-0.2, 0) is 6.42 Å². The molecular weight excluding hydrogens is 276 g/mol. The maximum absolute atomic E-state index is 12.5. The monoisotopic (exact) mass is 298 g/mol. The lowest BCUT2D eigenvalue weighted by atomic mass is 10.0. The van der Waals surface area contributed by atoms with Gasteiger partial charge in [0, 0.05) is 16.9 Å². The summed E-state index contributed by atoms with van der Waals surface area (Å²) in [6.45, 7) is 6.47. The lowest BCUT2D eigenvalue weighted by molar-refractivity contribution is 0.102. The highest BCUT2D eigenvalue weighted by Crippen LogP contribution is 2.25. The van der Waals surface area contributed by atoms with E-state index in [2.05, 4.69) is 5.32 Å². The van der Waals surface area contributed by atoms with Gasteiger partial charge in [-0.15, -0.1) is 0 Å². The molecule has 1 amide bonds. The van der Waals surface area contributed by atoms with E-state index in [1.165, 1.54) is 0 Å².